The van der Waals surface area contributed by atoms with E-state index < -0.39 is 0 Å². The zero-order valence-corrected chi connectivity index (χ0v) is 15.7. The second-order valence-electron chi connectivity index (χ2n) is 6.49. The summed E-state index contributed by atoms with van der Waals surface area (Å²) in [7, 11) is 1.59. The number of benzene rings is 2. The molecule has 0 atom stereocenters. The lowest BCUT2D eigenvalue weighted by Crippen LogP contribution is -2.35. The zero-order valence-electron chi connectivity index (χ0n) is 15.7. The molecule has 1 heterocycles. The number of rotatable bonds is 5. The number of amides is 2. The number of nitrogens with one attached hydrogen (secondary N) is 1. The quantitative estimate of drug-likeness (QED) is 0.737. The maximum Gasteiger partial charge on any atom is 0.290 e. The second kappa shape index (κ2) is 7.91. The molecule has 2 aromatic carbocycles. The molecular weight excluding hydrogens is 340 g/mol. The van der Waals surface area contributed by atoms with Crippen LogP contribution in [0.25, 0.3) is 11.1 Å². The summed E-state index contributed by atoms with van der Waals surface area (Å²) < 4.78 is 5.41. The number of carbonyl (C=O) groups excluding carboxylic acids is 2. The standard InChI is InChI=1S/C22H22N2O3/c1-15-8-7-11-19(16(15)2)23-20(25)14-24(3)22(26)21-18(12-13-27-21)17-9-5-4-6-10-17/h4-13H,14H2,1-3H3,(H,23,25). The van der Waals surface area contributed by atoms with Crippen LogP contribution in [0.3, 0.4) is 0 Å². The van der Waals surface area contributed by atoms with Crippen LogP contribution in [0.2, 0.25) is 0 Å². The average molecular weight is 362 g/mol. The van der Waals surface area contributed by atoms with Crippen molar-refractivity contribution in [2.45, 2.75) is 13.8 Å². The van der Waals surface area contributed by atoms with E-state index in [1.807, 2.05) is 62.4 Å². The predicted octanol–water partition coefficient (Wildman–Crippen LogP) is 4.27. The maximum atomic E-state index is 12.8. The highest BCUT2D eigenvalue weighted by Gasteiger charge is 2.22. The fourth-order valence-corrected chi connectivity index (χ4v) is 2.86. The first-order valence-corrected chi connectivity index (χ1v) is 8.72. The van der Waals surface area contributed by atoms with Gasteiger partial charge in [0.1, 0.15) is 0 Å². The first kappa shape index (κ1) is 18.5. The van der Waals surface area contributed by atoms with E-state index in [0.717, 1.165) is 22.4 Å². The minimum atomic E-state index is -0.338. The number of aryl methyl sites for hydroxylation is 1. The van der Waals surface area contributed by atoms with Crippen molar-refractivity contribution in [3.8, 4) is 11.1 Å². The van der Waals surface area contributed by atoms with Gasteiger partial charge in [0.15, 0.2) is 5.76 Å². The van der Waals surface area contributed by atoms with Crippen LogP contribution in [-0.2, 0) is 4.79 Å². The average Bonchev–Trinajstić information content (AvgIpc) is 3.15. The second-order valence-corrected chi connectivity index (χ2v) is 6.49. The van der Waals surface area contributed by atoms with Crippen LogP contribution >= 0.6 is 0 Å². The van der Waals surface area contributed by atoms with Crippen molar-refractivity contribution >= 4 is 17.5 Å². The fraction of sp³-hybridized carbons (Fsp3) is 0.182. The Balaban J connectivity index is 1.71. The lowest BCUT2D eigenvalue weighted by atomic mass is 10.1. The molecule has 0 aliphatic rings. The van der Waals surface area contributed by atoms with Gasteiger partial charge in [0.2, 0.25) is 5.91 Å². The summed E-state index contributed by atoms with van der Waals surface area (Å²) in [5, 5.41) is 2.86. The zero-order chi connectivity index (χ0) is 19.4. The summed E-state index contributed by atoms with van der Waals surface area (Å²) in [5.41, 5.74) is 4.46. The van der Waals surface area contributed by atoms with Gasteiger partial charge < -0.3 is 14.6 Å². The van der Waals surface area contributed by atoms with E-state index in [9.17, 15) is 9.59 Å². The highest BCUT2D eigenvalue weighted by atomic mass is 16.3. The van der Waals surface area contributed by atoms with E-state index in [-0.39, 0.29) is 24.1 Å². The minimum Gasteiger partial charge on any atom is -0.459 e. The number of carbonyl (C=O) groups is 2. The van der Waals surface area contributed by atoms with Gasteiger partial charge in [-0.2, -0.15) is 0 Å². The van der Waals surface area contributed by atoms with E-state index in [2.05, 4.69) is 5.32 Å². The molecule has 1 aromatic heterocycles. The van der Waals surface area contributed by atoms with Gasteiger partial charge in [-0.3, -0.25) is 9.59 Å². The van der Waals surface area contributed by atoms with Gasteiger partial charge >= 0.3 is 0 Å². The number of anilines is 1. The fourth-order valence-electron chi connectivity index (χ4n) is 2.86. The van der Waals surface area contributed by atoms with Crippen molar-refractivity contribution < 1.29 is 14.0 Å². The van der Waals surface area contributed by atoms with E-state index in [1.165, 1.54) is 11.2 Å². The van der Waals surface area contributed by atoms with Crippen LogP contribution in [-0.4, -0.2) is 30.3 Å². The van der Waals surface area contributed by atoms with Crippen LogP contribution in [0.4, 0.5) is 5.69 Å². The Morgan fingerprint density at radius 3 is 2.48 bits per heavy atom. The Kier molecular flexibility index (Phi) is 5.41. The third-order valence-corrected chi connectivity index (χ3v) is 4.55. The summed E-state index contributed by atoms with van der Waals surface area (Å²) in [6, 6.07) is 17.0. The monoisotopic (exact) mass is 362 g/mol. The maximum absolute atomic E-state index is 12.8. The van der Waals surface area contributed by atoms with Gasteiger partial charge in [-0.15, -0.1) is 0 Å². The summed E-state index contributed by atoms with van der Waals surface area (Å²) in [4.78, 5) is 26.5. The molecule has 0 spiro atoms. The van der Waals surface area contributed by atoms with Crippen molar-refractivity contribution in [2.24, 2.45) is 0 Å². The molecule has 0 fully saturated rings. The first-order valence-electron chi connectivity index (χ1n) is 8.72. The molecule has 0 radical (unpaired) electrons. The Bertz CT molecular complexity index is 961. The lowest BCUT2D eigenvalue weighted by molar-refractivity contribution is -0.116. The molecule has 0 aliphatic carbocycles. The Labute approximate surface area is 158 Å². The van der Waals surface area contributed by atoms with Gasteiger partial charge in [-0.25, -0.2) is 0 Å². The van der Waals surface area contributed by atoms with E-state index in [4.69, 9.17) is 4.42 Å². The highest BCUT2D eigenvalue weighted by Crippen LogP contribution is 2.25. The predicted molar refractivity (Wildman–Crippen MR) is 106 cm³/mol. The Morgan fingerprint density at radius 1 is 1.00 bits per heavy atom. The topological polar surface area (TPSA) is 62.6 Å². The van der Waals surface area contributed by atoms with Crippen molar-refractivity contribution in [1.29, 1.82) is 0 Å². The lowest BCUT2D eigenvalue weighted by Gasteiger charge is -2.17. The van der Waals surface area contributed by atoms with Crippen LogP contribution in [0, 0.1) is 13.8 Å². The normalized spacial score (nSPS) is 10.5. The van der Waals surface area contributed by atoms with E-state index >= 15 is 0 Å². The molecule has 0 unspecified atom stereocenters. The van der Waals surface area contributed by atoms with Crippen molar-refractivity contribution in [3.63, 3.8) is 0 Å². The van der Waals surface area contributed by atoms with Crippen molar-refractivity contribution in [1.82, 2.24) is 4.90 Å². The summed E-state index contributed by atoms with van der Waals surface area (Å²) in [5.74, 6) is -0.370. The molecule has 5 heteroatoms. The molecule has 0 saturated heterocycles. The molecule has 138 valence electrons. The third kappa shape index (κ3) is 4.08. The van der Waals surface area contributed by atoms with Gasteiger partial charge in [0, 0.05) is 18.3 Å². The van der Waals surface area contributed by atoms with Gasteiger partial charge in [-0.05, 0) is 42.7 Å². The molecule has 2 amide bonds. The van der Waals surface area contributed by atoms with E-state index in [1.54, 1.807) is 13.1 Å². The number of likely N-dealkylation sites (N-methyl/N-ethyl adjacent to an activating group) is 1. The SMILES string of the molecule is Cc1cccc(NC(=O)CN(C)C(=O)c2occc2-c2ccccc2)c1C. The highest BCUT2D eigenvalue weighted by molar-refractivity contribution is 6.01. The molecular formula is C22H22N2O3. The van der Waals surface area contributed by atoms with Crippen molar-refractivity contribution in [2.75, 3.05) is 18.9 Å². The summed E-state index contributed by atoms with van der Waals surface area (Å²) in [6.45, 7) is 3.87. The molecule has 3 rings (SSSR count). The number of hydrogen-bond acceptors (Lipinski definition) is 3. The number of furan rings is 1. The van der Waals surface area contributed by atoms with Gasteiger partial charge in [0.05, 0.1) is 12.8 Å². The summed E-state index contributed by atoms with van der Waals surface area (Å²) in [6.07, 6.45) is 1.49. The van der Waals surface area contributed by atoms with Crippen molar-refractivity contribution in [3.05, 3.63) is 77.7 Å². The molecule has 0 aliphatic heterocycles. The summed E-state index contributed by atoms with van der Waals surface area (Å²) >= 11 is 0. The number of hydrogen-bond donors (Lipinski definition) is 1. The van der Waals surface area contributed by atoms with Crippen LogP contribution in [0.5, 0.6) is 0 Å². The Morgan fingerprint density at radius 2 is 1.74 bits per heavy atom. The molecule has 1 N–H and O–H groups in total. The third-order valence-electron chi connectivity index (χ3n) is 4.55. The van der Waals surface area contributed by atoms with Gasteiger partial charge in [0.25, 0.3) is 5.91 Å². The number of nitrogens with zero attached hydrogens (tertiary/aromatic N) is 1. The molecule has 0 saturated carbocycles. The van der Waals surface area contributed by atoms with Crippen LogP contribution < -0.4 is 5.32 Å². The molecule has 0 bridgehead atoms. The van der Waals surface area contributed by atoms with E-state index in [0.29, 0.717) is 5.56 Å². The Hall–Kier alpha value is -3.34. The minimum absolute atomic E-state index is 0.0683. The van der Waals surface area contributed by atoms with Crippen LogP contribution in [0.1, 0.15) is 21.7 Å². The van der Waals surface area contributed by atoms with Crippen LogP contribution in [0.15, 0.2) is 65.3 Å². The molecule has 5 nitrogen and oxygen atoms in total. The largest absolute Gasteiger partial charge is 0.459 e. The smallest absolute Gasteiger partial charge is 0.290 e. The molecule has 27 heavy (non-hydrogen) atoms. The molecule has 3 aromatic rings. The first-order chi connectivity index (χ1) is 13.0. The van der Waals surface area contributed by atoms with Gasteiger partial charge in [-0.1, -0.05) is 42.5 Å².